The Balaban J connectivity index is 2.13. The van der Waals surface area contributed by atoms with Gasteiger partial charge in [0, 0.05) is 6.07 Å². The Morgan fingerprint density at radius 1 is 0.917 bits per heavy atom. The zero-order valence-corrected chi connectivity index (χ0v) is 13.5. The fourth-order valence-electron chi connectivity index (χ4n) is 2.02. The number of aromatic hydroxyl groups is 1. The molecule has 2 aromatic rings. The van der Waals surface area contributed by atoms with Crippen molar-refractivity contribution in [2.45, 2.75) is 6.92 Å². The summed E-state index contributed by atoms with van der Waals surface area (Å²) < 4.78 is 10.2. The van der Waals surface area contributed by atoms with Crippen LogP contribution in [-0.4, -0.2) is 31.1 Å². The Bertz CT molecular complexity index is 774. The predicted molar refractivity (Wildman–Crippen MR) is 89.6 cm³/mol. The average Bonchev–Trinajstić information content (AvgIpc) is 2.57. The average molecular weight is 330 g/mol. The van der Waals surface area contributed by atoms with E-state index in [0.29, 0.717) is 17.2 Å². The zero-order chi connectivity index (χ0) is 17.7. The molecule has 0 unspecified atom stereocenters. The van der Waals surface area contributed by atoms with Crippen molar-refractivity contribution in [2.75, 3.05) is 24.9 Å². The molecule has 0 spiro atoms. The molecule has 0 aliphatic rings. The number of phenols is 1. The van der Waals surface area contributed by atoms with Gasteiger partial charge in [-0.15, -0.1) is 0 Å². The summed E-state index contributed by atoms with van der Waals surface area (Å²) in [6, 6.07) is 9.52. The van der Waals surface area contributed by atoms with Gasteiger partial charge in [0.25, 0.3) is 0 Å². The van der Waals surface area contributed by atoms with E-state index in [1.807, 2.05) is 0 Å². The van der Waals surface area contributed by atoms with E-state index in [4.69, 9.17) is 9.47 Å². The molecule has 0 aromatic heterocycles. The van der Waals surface area contributed by atoms with E-state index in [9.17, 15) is 14.7 Å². The standard InChI is InChI=1S/C17H18N2O5/c1-10-4-6-12(14(20)8-10)18-16(21)17(22)19-13-9-11(23-2)5-7-15(13)24-3/h4-9,20H,1-3H3,(H,18,21)(H,19,22). The fourth-order valence-corrected chi connectivity index (χ4v) is 2.02. The van der Waals surface area contributed by atoms with Crippen LogP contribution in [0, 0.1) is 6.92 Å². The van der Waals surface area contributed by atoms with E-state index < -0.39 is 11.8 Å². The second kappa shape index (κ2) is 7.36. The number of methoxy groups -OCH3 is 2. The molecule has 0 heterocycles. The Hall–Kier alpha value is -3.22. The van der Waals surface area contributed by atoms with Crippen molar-refractivity contribution >= 4 is 23.2 Å². The summed E-state index contributed by atoms with van der Waals surface area (Å²) in [6.45, 7) is 1.80. The molecule has 0 fully saturated rings. The van der Waals surface area contributed by atoms with Gasteiger partial charge in [0.2, 0.25) is 0 Å². The quantitative estimate of drug-likeness (QED) is 0.590. The number of hydrogen-bond acceptors (Lipinski definition) is 5. The van der Waals surface area contributed by atoms with Crippen LogP contribution < -0.4 is 20.1 Å². The summed E-state index contributed by atoms with van der Waals surface area (Å²) in [5, 5.41) is 14.6. The van der Waals surface area contributed by atoms with Gasteiger partial charge in [-0.2, -0.15) is 0 Å². The van der Waals surface area contributed by atoms with Crippen molar-refractivity contribution in [1.29, 1.82) is 0 Å². The van der Waals surface area contributed by atoms with Gasteiger partial charge < -0.3 is 25.2 Å². The maximum absolute atomic E-state index is 12.1. The summed E-state index contributed by atoms with van der Waals surface area (Å²) in [7, 11) is 2.93. The van der Waals surface area contributed by atoms with Crippen LogP contribution in [0.4, 0.5) is 11.4 Å². The molecular weight excluding hydrogens is 312 g/mol. The highest BCUT2D eigenvalue weighted by atomic mass is 16.5. The van der Waals surface area contributed by atoms with Gasteiger partial charge in [-0.3, -0.25) is 9.59 Å². The van der Waals surface area contributed by atoms with Gasteiger partial charge in [0.15, 0.2) is 0 Å². The molecule has 24 heavy (non-hydrogen) atoms. The van der Waals surface area contributed by atoms with Crippen LogP contribution in [0.2, 0.25) is 0 Å². The highest BCUT2D eigenvalue weighted by Crippen LogP contribution is 2.29. The number of anilines is 2. The number of rotatable bonds is 4. The van der Waals surface area contributed by atoms with Crippen LogP contribution in [0.3, 0.4) is 0 Å². The van der Waals surface area contributed by atoms with Gasteiger partial charge in [0.05, 0.1) is 25.6 Å². The molecule has 126 valence electrons. The van der Waals surface area contributed by atoms with E-state index in [2.05, 4.69) is 10.6 Å². The van der Waals surface area contributed by atoms with E-state index >= 15 is 0 Å². The number of ether oxygens (including phenoxy) is 2. The van der Waals surface area contributed by atoms with Crippen LogP contribution in [-0.2, 0) is 9.59 Å². The number of phenolic OH excluding ortho intramolecular Hbond substituents is 1. The van der Waals surface area contributed by atoms with E-state index in [0.717, 1.165) is 5.56 Å². The summed E-state index contributed by atoms with van der Waals surface area (Å²) in [5.74, 6) is -1.05. The molecule has 7 nitrogen and oxygen atoms in total. The summed E-state index contributed by atoms with van der Waals surface area (Å²) >= 11 is 0. The predicted octanol–water partition coefficient (Wildman–Crippen LogP) is 2.30. The normalized spacial score (nSPS) is 9.96. The Morgan fingerprint density at radius 3 is 2.17 bits per heavy atom. The van der Waals surface area contributed by atoms with Crippen molar-refractivity contribution in [3.63, 3.8) is 0 Å². The van der Waals surface area contributed by atoms with Crippen LogP contribution in [0.15, 0.2) is 36.4 Å². The summed E-state index contributed by atoms with van der Waals surface area (Å²) in [5.41, 5.74) is 1.28. The second-order valence-electron chi connectivity index (χ2n) is 5.00. The third-order valence-electron chi connectivity index (χ3n) is 3.26. The SMILES string of the molecule is COc1ccc(OC)c(NC(=O)C(=O)Nc2ccc(C)cc2O)c1. The molecule has 2 aromatic carbocycles. The number of benzene rings is 2. The van der Waals surface area contributed by atoms with Crippen LogP contribution in [0.25, 0.3) is 0 Å². The lowest BCUT2D eigenvalue weighted by Crippen LogP contribution is -2.29. The first kappa shape index (κ1) is 17.1. The number of carbonyl (C=O) groups is 2. The maximum atomic E-state index is 12.1. The first-order chi connectivity index (χ1) is 11.4. The van der Waals surface area contributed by atoms with Gasteiger partial charge in [-0.25, -0.2) is 0 Å². The molecular formula is C17H18N2O5. The highest BCUT2D eigenvalue weighted by Gasteiger charge is 2.18. The Kier molecular flexibility index (Phi) is 5.26. The number of nitrogens with one attached hydrogen (secondary N) is 2. The first-order valence-electron chi connectivity index (χ1n) is 7.08. The lowest BCUT2D eigenvalue weighted by atomic mass is 10.2. The Labute approximate surface area is 139 Å². The number of aryl methyl sites for hydroxylation is 1. The van der Waals surface area contributed by atoms with Crippen LogP contribution in [0.5, 0.6) is 17.2 Å². The third kappa shape index (κ3) is 3.95. The van der Waals surface area contributed by atoms with Gasteiger partial charge in [0.1, 0.15) is 17.2 Å². The van der Waals surface area contributed by atoms with Crippen molar-refractivity contribution in [1.82, 2.24) is 0 Å². The van der Waals surface area contributed by atoms with E-state index in [1.165, 1.54) is 32.4 Å². The highest BCUT2D eigenvalue weighted by molar-refractivity contribution is 6.44. The van der Waals surface area contributed by atoms with E-state index in [-0.39, 0.29) is 11.4 Å². The number of hydrogen-bond donors (Lipinski definition) is 3. The topological polar surface area (TPSA) is 96.9 Å². The minimum absolute atomic E-state index is 0.116. The molecule has 2 amide bonds. The summed E-state index contributed by atoms with van der Waals surface area (Å²) in [4.78, 5) is 24.1. The van der Waals surface area contributed by atoms with Crippen molar-refractivity contribution in [3.05, 3.63) is 42.0 Å². The largest absolute Gasteiger partial charge is 0.506 e. The zero-order valence-electron chi connectivity index (χ0n) is 13.5. The van der Waals surface area contributed by atoms with Gasteiger partial charge in [-0.1, -0.05) is 6.07 Å². The van der Waals surface area contributed by atoms with Crippen LogP contribution in [0.1, 0.15) is 5.56 Å². The Morgan fingerprint density at radius 2 is 1.58 bits per heavy atom. The van der Waals surface area contributed by atoms with Crippen LogP contribution >= 0.6 is 0 Å². The minimum atomic E-state index is -0.918. The molecule has 7 heteroatoms. The van der Waals surface area contributed by atoms with Crippen molar-refractivity contribution < 1.29 is 24.2 Å². The molecule has 0 aliphatic carbocycles. The molecule has 0 aliphatic heterocycles. The van der Waals surface area contributed by atoms with Crippen molar-refractivity contribution in [3.8, 4) is 17.2 Å². The molecule has 0 saturated heterocycles. The summed E-state index contributed by atoms with van der Waals surface area (Å²) in [6.07, 6.45) is 0. The fraction of sp³-hybridized carbons (Fsp3) is 0.176. The second-order valence-corrected chi connectivity index (χ2v) is 5.00. The third-order valence-corrected chi connectivity index (χ3v) is 3.26. The maximum Gasteiger partial charge on any atom is 0.314 e. The molecule has 0 atom stereocenters. The van der Waals surface area contributed by atoms with Gasteiger partial charge in [-0.05, 0) is 36.8 Å². The van der Waals surface area contributed by atoms with Gasteiger partial charge >= 0.3 is 11.8 Å². The molecule has 3 N–H and O–H groups in total. The number of amides is 2. The molecule has 0 radical (unpaired) electrons. The number of carbonyl (C=O) groups excluding carboxylic acids is 2. The minimum Gasteiger partial charge on any atom is -0.506 e. The molecule has 2 rings (SSSR count). The van der Waals surface area contributed by atoms with Crippen molar-refractivity contribution in [2.24, 2.45) is 0 Å². The lowest BCUT2D eigenvalue weighted by Gasteiger charge is -2.12. The molecule has 0 saturated carbocycles. The molecule has 0 bridgehead atoms. The monoisotopic (exact) mass is 330 g/mol. The lowest BCUT2D eigenvalue weighted by molar-refractivity contribution is -0.133. The smallest absolute Gasteiger partial charge is 0.314 e. The first-order valence-corrected chi connectivity index (χ1v) is 7.08. The van der Waals surface area contributed by atoms with E-state index in [1.54, 1.807) is 25.1 Å².